The first-order valence-corrected chi connectivity index (χ1v) is 7.52. The van der Waals surface area contributed by atoms with E-state index in [1.54, 1.807) is 0 Å². The molecule has 0 unspecified atom stereocenters. The van der Waals surface area contributed by atoms with Gasteiger partial charge in [0.1, 0.15) is 12.1 Å². The third-order valence-corrected chi connectivity index (χ3v) is 3.95. The Balaban J connectivity index is 1.76. The predicted molar refractivity (Wildman–Crippen MR) is 80.0 cm³/mol. The number of methoxy groups -OCH3 is 2. The molecule has 0 bridgehead atoms. The zero-order chi connectivity index (χ0) is 17.1. The highest BCUT2D eigenvalue weighted by Crippen LogP contribution is 2.32. The van der Waals surface area contributed by atoms with E-state index in [0.29, 0.717) is 0 Å². The number of alkyl carbamates (subject to hydrolysis) is 1. The number of ether oxygens (including phenoxy) is 5. The maximum atomic E-state index is 12.7. The van der Waals surface area contributed by atoms with Crippen molar-refractivity contribution >= 4 is 11.9 Å². The number of hydrogen-bond donors (Lipinski definition) is 1. The van der Waals surface area contributed by atoms with Crippen LogP contribution in [0.5, 0.6) is 0 Å². The number of carbonyl (C=O) groups is 2. The van der Waals surface area contributed by atoms with Gasteiger partial charge in [0.05, 0.1) is 13.7 Å². The second kappa shape index (κ2) is 7.27. The number of Topliss-reactive ketones (excluding diaryl/α,β-unsaturated/α-hetero) is 1. The van der Waals surface area contributed by atoms with Crippen molar-refractivity contribution in [2.45, 2.75) is 30.8 Å². The zero-order valence-corrected chi connectivity index (χ0v) is 13.3. The summed E-state index contributed by atoms with van der Waals surface area (Å²) >= 11 is 0. The zero-order valence-electron chi connectivity index (χ0n) is 13.3. The van der Waals surface area contributed by atoms with Crippen LogP contribution >= 0.6 is 0 Å². The quantitative estimate of drug-likeness (QED) is 0.871. The van der Waals surface area contributed by atoms with Gasteiger partial charge in [0, 0.05) is 12.7 Å². The van der Waals surface area contributed by atoms with E-state index in [0.717, 1.165) is 5.56 Å². The average Bonchev–Trinajstić information content (AvgIpc) is 2.64. The molecule has 1 aromatic rings. The fourth-order valence-electron chi connectivity index (χ4n) is 2.75. The Labute approximate surface area is 139 Å². The summed E-state index contributed by atoms with van der Waals surface area (Å²) in [4.78, 5) is 24.2. The van der Waals surface area contributed by atoms with Gasteiger partial charge in [-0.1, -0.05) is 30.3 Å². The summed E-state index contributed by atoms with van der Waals surface area (Å²) in [5, 5.41) is 2.43. The van der Waals surface area contributed by atoms with E-state index in [1.807, 2.05) is 30.3 Å². The molecule has 2 aliphatic rings. The van der Waals surface area contributed by atoms with Gasteiger partial charge in [0.2, 0.25) is 0 Å². The van der Waals surface area contributed by atoms with Crippen molar-refractivity contribution in [3.05, 3.63) is 35.9 Å². The first-order valence-electron chi connectivity index (χ1n) is 7.52. The monoisotopic (exact) mass is 337 g/mol. The molecular formula is C16H19NO7. The van der Waals surface area contributed by atoms with E-state index in [2.05, 4.69) is 10.1 Å². The van der Waals surface area contributed by atoms with Crippen molar-refractivity contribution in [1.82, 2.24) is 5.32 Å². The van der Waals surface area contributed by atoms with Crippen LogP contribution in [0.1, 0.15) is 11.9 Å². The first-order chi connectivity index (χ1) is 11.6. The molecule has 5 atom stereocenters. The number of hydrogen-bond acceptors (Lipinski definition) is 7. The fraction of sp³-hybridized carbons (Fsp3) is 0.500. The molecule has 2 heterocycles. The summed E-state index contributed by atoms with van der Waals surface area (Å²) in [7, 11) is 2.60. The van der Waals surface area contributed by atoms with E-state index in [-0.39, 0.29) is 12.4 Å². The molecule has 24 heavy (non-hydrogen) atoms. The van der Waals surface area contributed by atoms with Gasteiger partial charge < -0.3 is 29.0 Å². The minimum absolute atomic E-state index is 0.181. The molecule has 0 aliphatic carbocycles. The van der Waals surface area contributed by atoms with Gasteiger partial charge in [-0.3, -0.25) is 4.79 Å². The third kappa shape index (κ3) is 3.27. The second-order valence-corrected chi connectivity index (χ2v) is 5.43. The summed E-state index contributed by atoms with van der Waals surface area (Å²) in [5.74, 6) is -0.340. The number of ketones is 1. The normalized spacial score (nSPS) is 32.8. The fourth-order valence-corrected chi connectivity index (χ4v) is 2.75. The lowest BCUT2D eigenvalue weighted by atomic mass is 9.97. The molecule has 8 heteroatoms. The average molecular weight is 337 g/mol. The Morgan fingerprint density at radius 3 is 2.62 bits per heavy atom. The van der Waals surface area contributed by atoms with Gasteiger partial charge in [-0.15, -0.1) is 0 Å². The Bertz CT molecular complexity index is 593. The van der Waals surface area contributed by atoms with Crippen LogP contribution in [-0.4, -0.2) is 57.2 Å². The number of carbonyl (C=O) groups excluding carboxylic acids is 2. The van der Waals surface area contributed by atoms with Crippen LogP contribution in [0, 0.1) is 0 Å². The summed E-state index contributed by atoms with van der Waals surface area (Å²) < 4.78 is 26.8. The number of rotatable bonds is 3. The number of nitrogens with one attached hydrogen (secondary N) is 1. The van der Waals surface area contributed by atoms with Crippen LogP contribution in [0.2, 0.25) is 0 Å². The highest BCUT2D eigenvalue weighted by Gasteiger charge is 2.50. The molecule has 0 spiro atoms. The molecule has 3 rings (SSSR count). The van der Waals surface area contributed by atoms with Crippen molar-refractivity contribution in [2.24, 2.45) is 0 Å². The lowest BCUT2D eigenvalue weighted by Crippen LogP contribution is -2.64. The van der Waals surface area contributed by atoms with Gasteiger partial charge in [0.15, 0.2) is 24.5 Å². The molecule has 2 fully saturated rings. The van der Waals surface area contributed by atoms with Gasteiger partial charge in [0.25, 0.3) is 0 Å². The lowest BCUT2D eigenvalue weighted by Gasteiger charge is -2.43. The molecule has 1 amide bonds. The molecule has 130 valence electrons. The van der Waals surface area contributed by atoms with E-state index in [4.69, 9.17) is 18.9 Å². The number of fused-ring (bicyclic) bond motifs is 1. The van der Waals surface area contributed by atoms with Crippen molar-refractivity contribution in [3.8, 4) is 0 Å². The van der Waals surface area contributed by atoms with Crippen molar-refractivity contribution in [2.75, 3.05) is 20.8 Å². The molecule has 2 saturated heterocycles. The second-order valence-electron chi connectivity index (χ2n) is 5.43. The molecule has 0 radical (unpaired) electrons. The minimum Gasteiger partial charge on any atom is -0.453 e. The predicted octanol–water partition coefficient (Wildman–Crippen LogP) is 0.766. The van der Waals surface area contributed by atoms with Crippen molar-refractivity contribution in [3.63, 3.8) is 0 Å². The SMILES string of the molecule is COC(=O)N[C@@H]1C(=O)[C@@H]2O[C@H](c3ccccc3)OC[C@H]2O[C@@H]1OC. The van der Waals surface area contributed by atoms with Gasteiger partial charge in [-0.05, 0) is 0 Å². The van der Waals surface area contributed by atoms with E-state index >= 15 is 0 Å². The van der Waals surface area contributed by atoms with E-state index in [9.17, 15) is 9.59 Å². The Hall–Kier alpha value is -2.00. The molecule has 1 N–H and O–H groups in total. The Morgan fingerprint density at radius 1 is 1.21 bits per heavy atom. The van der Waals surface area contributed by atoms with Gasteiger partial charge in [-0.2, -0.15) is 0 Å². The Kier molecular flexibility index (Phi) is 5.10. The first kappa shape index (κ1) is 16.8. The highest BCUT2D eigenvalue weighted by atomic mass is 16.7. The molecule has 0 saturated carbocycles. The van der Waals surface area contributed by atoms with Gasteiger partial charge in [-0.25, -0.2) is 4.79 Å². The van der Waals surface area contributed by atoms with E-state index < -0.39 is 36.9 Å². The standard InChI is InChI=1S/C16H19NO7/c1-20-15-11(17-16(19)21-2)12(18)13-10(23-15)8-22-14(24-13)9-6-4-3-5-7-9/h3-7,10-11,13-15H,8H2,1-2H3,(H,17,19)/t10-,11-,13-,14-,15+/m1/s1. The minimum atomic E-state index is -1.02. The highest BCUT2D eigenvalue weighted by molar-refractivity contribution is 5.92. The van der Waals surface area contributed by atoms with Crippen LogP contribution in [-0.2, 0) is 28.5 Å². The van der Waals surface area contributed by atoms with Crippen molar-refractivity contribution < 1.29 is 33.3 Å². The van der Waals surface area contributed by atoms with E-state index in [1.165, 1.54) is 14.2 Å². The van der Waals surface area contributed by atoms with Crippen molar-refractivity contribution in [1.29, 1.82) is 0 Å². The van der Waals surface area contributed by atoms with Crippen LogP contribution in [0.15, 0.2) is 30.3 Å². The topological polar surface area (TPSA) is 92.3 Å². The summed E-state index contributed by atoms with van der Waals surface area (Å²) in [6, 6.07) is 8.27. The molecule has 8 nitrogen and oxygen atoms in total. The molecule has 1 aromatic carbocycles. The lowest BCUT2D eigenvalue weighted by molar-refractivity contribution is -0.302. The molecule has 0 aromatic heterocycles. The maximum Gasteiger partial charge on any atom is 0.407 e. The molecular weight excluding hydrogens is 318 g/mol. The summed E-state index contributed by atoms with van der Waals surface area (Å²) in [5.41, 5.74) is 0.801. The number of benzene rings is 1. The van der Waals surface area contributed by atoms with Crippen LogP contribution in [0.3, 0.4) is 0 Å². The third-order valence-electron chi connectivity index (χ3n) is 3.95. The van der Waals surface area contributed by atoms with Gasteiger partial charge >= 0.3 is 6.09 Å². The summed E-state index contributed by atoms with van der Waals surface area (Å²) in [6.45, 7) is 0.181. The smallest absolute Gasteiger partial charge is 0.407 e. The number of amides is 1. The molecule has 2 aliphatic heterocycles. The van der Waals surface area contributed by atoms with Crippen LogP contribution < -0.4 is 5.32 Å². The summed E-state index contributed by atoms with van der Waals surface area (Å²) in [6.07, 6.45) is -3.81. The maximum absolute atomic E-state index is 12.7. The van der Waals surface area contributed by atoms with Crippen LogP contribution in [0.25, 0.3) is 0 Å². The Morgan fingerprint density at radius 2 is 1.96 bits per heavy atom. The largest absolute Gasteiger partial charge is 0.453 e. The van der Waals surface area contributed by atoms with Crippen LogP contribution in [0.4, 0.5) is 4.79 Å².